The monoisotopic (exact) mass is 720 g/mol. The number of aryl methyl sites for hydroxylation is 2. The molecule has 0 fully saturated rings. The van der Waals surface area contributed by atoms with Gasteiger partial charge in [-0.1, -0.05) is 137 Å². The molecule has 0 amide bonds. The van der Waals surface area contributed by atoms with Crippen LogP contribution in [0.3, 0.4) is 0 Å². The minimum absolute atomic E-state index is 0.584. The average Bonchev–Trinajstić information content (AvgIpc) is 3.67. The summed E-state index contributed by atoms with van der Waals surface area (Å²) in [6.45, 7) is 13.2. The zero-order valence-corrected chi connectivity index (χ0v) is 31.9. The summed E-state index contributed by atoms with van der Waals surface area (Å²) in [5.41, 5.74) is 9.39. The summed E-state index contributed by atoms with van der Waals surface area (Å²) in [4.78, 5) is 0. The summed E-state index contributed by atoms with van der Waals surface area (Å²) in [5, 5.41) is 8.07. The van der Waals surface area contributed by atoms with Gasteiger partial charge in [-0.2, -0.15) is 12.1 Å². The fraction of sp³-hybridized carbons (Fsp3) is 0.171. The number of fused-ring (bicyclic) bond motifs is 3. The van der Waals surface area contributed by atoms with Crippen LogP contribution in [0.1, 0.15) is 36.5 Å². The Kier molecular flexibility index (Phi) is 13.5. The third kappa shape index (κ3) is 8.75. The van der Waals surface area contributed by atoms with Crippen LogP contribution in [0.25, 0.3) is 54.6 Å². The first kappa shape index (κ1) is 35.1. The van der Waals surface area contributed by atoms with E-state index in [-0.39, 0.29) is 0 Å². The Bertz CT molecular complexity index is 1940. The van der Waals surface area contributed by atoms with Gasteiger partial charge >= 0.3 is 37.9 Å². The van der Waals surface area contributed by atoms with Crippen molar-refractivity contribution in [2.45, 2.75) is 46.7 Å². The van der Waals surface area contributed by atoms with Crippen LogP contribution < -0.4 is 0 Å². The third-order valence-electron chi connectivity index (χ3n) is 7.85. The van der Waals surface area contributed by atoms with Crippen molar-refractivity contribution < 1.29 is 20.8 Å². The molecule has 0 N–H and O–H groups in total. The fourth-order valence-corrected chi connectivity index (χ4v) is 5.75. The van der Waals surface area contributed by atoms with Crippen LogP contribution in [-0.4, -0.2) is 9.52 Å². The predicted octanol–water partition coefficient (Wildman–Crippen LogP) is 13.5. The zero-order valence-electron chi connectivity index (χ0n) is 27.0. The minimum atomic E-state index is -0.826. The molecule has 226 valence electrons. The maximum atomic E-state index is 4.93. The molecule has 0 saturated heterocycles. The van der Waals surface area contributed by atoms with Gasteiger partial charge < -0.3 is 0 Å². The van der Waals surface area contributed by atoms with Crippen molar-refractivity contribution in [1.82, 2.24) is 0 Å². The summed E-state index contributed by atoms with van der Waals surface area (Å²) in [5.74, 6) is 0.584. The van der Waals surface area contributed by atoms with E-state index in [0.29, 0.717) is 5.92 Å². The van der Waals surface area contributed by atoms with Gasteiger partial charge in [-0.15, -0.1) is 68.6 Å². The standard InChI is InChI=1S/C21H17.C18H17.C2H6Si.2ClH.Zr/c1-14-12-20-15(2)10-11-19(21(20)13-14)18-9-5-7-16-6-3-4-8-17(16)18;1-13(2)16-11-15-9-6-10-17(18(15)12-16)14-7-4-3-5-8-14;1-3-2;;;/h3-13H,1-2H3;3-13H,1-2H3;1-2H3;2*1H;/q2*-1;;;;+4/p-2. The summed E-state index contributed by atoms with van der Waals surface area (Å²) >= 11 is -0.826. The van der Waals surface area contributed by atoms with Gasteiger partial charge in [-0.3, -0.25) is 0 Å². The molecule has 7 rings (SSSR count). The summed E-state index contributed by atoms with van der Waals surface area (Å²) in [6, 6.07) is 46.1. The van der Waals surface area contributed by atoms with Crippen LogP contribution in [0.4, 0.5) is 0 Å². The molecule has 0 heterocycles. The summed E-state index contributed by atoms with van der Waals surface area (Å²) in [6.07, 6.45) is 0. The van der Waals surface area contributed by atoms with E-state index in [1.54, 1.807) is 0 Å². The molecule has 45 heavy (non-hydrogen) atoms. The van der Waals surface area contributed by atoms with Crippen molar-refractivity contribution in [2.24, 2.45) is 0 Å². The Balaban J connectivity index is 0.000000176. The van der Waals surface area contributed by atoms with Gasteiger partial charge in [-0.25, -0.2) is 0 Å². The van der Waals surface area contributed by atoms with E-state index in [1.807, 2.05) is 0 Å². The average molecular weight is 723 g/mol. The van der Waals surface area contributed by atoms with Gasteiger partial charge in [0.15, 0.2) is 0 Å². The van der Waals surface area contributed by atoms with Crippen molar-refractivity contribution in [3.05, 3.63) is 144 Å². The molecule has 0 unspecified atom stereocenters. The van der Waals surface area contributed by atoms with E-state index in [1.165, 1.54) is 71.3 Å². The van der Waals surface area contributed by atoms with E-state index in [9.17, 15) is 0 Å². The molecular formula is C41H40Cl2SiZr. The molecule has 7 aromatic carbocycles. The first-order chi connectivity index (χ1) is 21.8. The van der Waals surface area contributed by atoms with Gasteiger partial charge in [0.1, 0.15) is 0 Å². The van der Waals surface area contributed by atoms with Crippen LogP contribution in [0.5, 0.6) is 0 Å². The first-order valence-corrected chi connectivity index (χ1v) is 23.6. The molecule has 0 aliphatic heterocycles. The van der Waals surface area contributed by atoms with Gasteiger partial charge in [0.05, 0.1) is 0 Å². The van der Waals surface area contributed by atoms with Crippen LogP contribution in [-0.2, 0) is 20.8 Å². The van der Waals surface area contributed by atoms with Crippen molar-refractivity contribution in [3.63, 3.8) is 0 Å². The van der Waals surface area contributed by atoms with Gasteiger partial charge in [0, 0.05) is 9.52 Å². The second-order valence-electron chi connectivity index (χ2n) is 11.5. The van der Waals surface area contributed by atoms with Gasteiger partial charge in [-0.05, 0) is 27.8 Å². The molecule has 0 spiro atoms. The molecule has 0 aliphatic rings. The summed E-state index contributed by atoms with van der Waals surface area (Å²) < 4.78 is 0. The number of benzene rings is 5. The molecule has 0 atom stereocenters. The molecule has 0 aromatic heterocycles. The zero-order chi connectivity index (χ0) is 32.3. The molecular weight excluding hydrogens is 683 g/mol. The fourth-order valence-electron chi connectivity index (χ4n) is 5.75. The van der Waals surface area contributed by atoms with Crippen molar-refractivity contribution in [2.75, 3.05) is 0 Å². The number of hydrogen-bond donors (Lipinski definition) is 0. The third-order valence-corrected chi connectivity index (χ3v) is 7.85. The van der Waals surface area contributed by atoms with E-state index >= 15 is 0 Å². The van der Waals surface area contributed by atoms with Gasteiger partial charge in [0.25, 0.3) is 0 Å². The van der Waals surface area contributed by atoms with Gasteiger partial charge in [0.2, 0.25) is 0 Å². The Hall–Kier alpha value is -2.74. The molecule has 4 heteroatoms. The predicted molar refractivity (Wildman–Crippen MR) is 200 cm³/mol. The Morgan fingerprint density at radius 2 is 1.22 bits per heavy atom. The molecule has 0 bridgehead atoms. The molecule has 0 nitrogen and oxygen atoms in total. The van der Waals surface area contributed by atoms with E-state index in [2.05, 4.69) is 168 Å². The quantitative estimate of drug-likeness (QED) is 0.126. The Morgan fingerprint density at radius 3 is 1.93 bits per heavy atom. The normalized spacial score (nSPS) is 10.4. The molecule has 0 aliphatic carbocycles. The van der Waals surface area contributed by atoms with Crippen LogP contribution in [0.2, 0.25) is 13.1 Å². The number of hydrogen-bond acceptors (Lipinski definition) is 0. The van der Waals surface area contributed by atoms with E-state index in [0.717, 1.165) is 9.52 Å². The van der Waals surface area contributed by atoms with Crippen LogP contribution in [0, 0.1) is 13.8 Å². The van der Waals surface area contributed by atoms with Crippen LogP contribution in [0.15, 0.2) is 127 Å². The topological polar surface area (TPSA) is 0 Å². The van der Waals surface area contributed by atoms with E-state index < -0.39 is 20.8 Å². The first-order valence-electron chi connectivity index (χ1n) is 15.3. The van der Waals surface area contributed by atoms with Crippen molar-refractivity contribution in [3.8, 4) is 22.3 Å². The second kappa shape index (κ2) is 17.3. The number of halogens is 2. The van der Waals surface area contributed by atoms with Crippen molar-refractivity contribution >= 4 is 58.9 Å². The molecule has 7 aromatic rings. The Labute approximate surface area is 290 Å². The number of rotatable bonds is 3. The van der Waals surface area contributed by atoms with Crippen LogP contribution >= 0.6 is 17.0 Å². The Morgan fingerprint density at radius 1 is 0.622 bits per heavy atom. The summed E-state index contributed by atoms with van der Waals surface area (Å²) in [7, 11) is 11.0. The molecule has 0 saturated carbocycles. The maximum absolute atomic E-state index is 4.93. The SMILES string of the molecule is CC(C)c1cc2c(-c3ccccc3)cccc2[cH-]1.C[Si]C.Cc1cc2c(-c3cccc4ccccc34)ccc(C)c2[cH-]1.[Cl][Zr+2][Cl]. The van der Waals surface area contributed by atoms with Crippen molar-refractivity contribution in [1.29, 1.82) is 0 Å². The second-order valence-corrected chi connectivity index (χ2v) is 16.2. The molecule has 2 radical (unpaired) electrons. The van der Waals surface area contributed by atoms with E-state index in [4.69, 9.17) is 17.0 Å².